The van der Waals surface area contributed by atoms with Crippen LogP contribution in [0.5, 0.6) is 0 Å². The quantitative estimate of drug-likeness (QED) is 0.735. The van der Waals surface area contributed by atoms with Crippen LogP contribution in [0.1, 0.15) is 30.8 Å². The number of carbonyl (C=O) groups excluding carboxylic acids is 1. The van der Waals surface area contributed by atoms with Gasteiger partial charge in [-0.1, -0.05) is 13.8 Å². The molecular formula is C13H19NO2. The molecule has 2 heterocycles. The maximum absolute atomic E-state index is 11.8. The molecule has 0 spiro atoms. The summed E-state index contributed by atoms with van der Waals surface area (Å²) in [5.74, 6) is 2.02. The van der Waals surface area contributed by atoms with Crippen LogP contribution in [0.4, 0.5) is 0 Å². The first-order chi connectivity index (χ1) is 7.66. The van der Waals surface area contributed by atoms with E-state index >= 15 is 0 Å². The van der Waals surface area contributed by atoms with E-state index in [9.17, 15) is 4.79 Å². The van der Waals surface area contributed by atoms with Gasteiger partial charge >= 0.3 is 0 Å². The average Bonchev–Trinajstić information content (AvgIpc) is 2.77. The number of rotatable bonds is 3. The van der Waals surface area contributed by atoms with Gasteiger partial charge in [-0.2, -0.15) is 0 Å². The molecule has 1 saturated heterocycles. The van der Waals surface area contributed by atoms with Crippen LogP contribution < -0.4 is 0 Å². The number of hydrogen-bond donors (Lipinski definition) is 0. The molecule has 3 nitrogen and oxygen atoms in total. The van der Waals surface area contributed by atoms with Gasteiger partial charge < -0.3 is 4.42 Å². The molecule has 16 heavy (non-hydrogen) atoms. The Labute approximate surface area is 96.4 Å². The standard InChI is InChI=1S/C13H19NO2/c1-10-5-6-14(8-11(10)2)9-12(15)13-4-3-7-16-13/h3-4,7,10-11H,5-6,8-9H2,1-2H3. The molecule has 1 aromatic rings. The summed E-state index contributed by atoms with van der Waals surface area (Å²) in [7, 11) is 0. The molecular weight excluding hydrogens is 202 g/mol. The minimum atomic E-state index is 0.0896. The lowest BCUT2D eigenvalue weighted by Gasteiger charge is -2.34. The number of nitrogens with zero attached hydrogens (tertiary/aromatic N) is 1. The highest BCUT2D eigenvalue weighted by Crippen LogP contribution is 2.22. The molecule has 2 atom stereocenters. The van der Waals surface area contributed by atoms with E-state index in [0.717, 1.165) is 19.0 Å². The van der Waals surface area contributed by atoms with Gasteiger partial charge in [-0.3, -0.25) is 9.69 Å². The van der Waals surface area contributed by atoms with Crippen LogP contribution in [0.15, 0.2) is 22.8 Å². The normalized spacial score (nSPS) is 26.9. The number of carbonyl (C=O) groups is 1. The Hall–Kier alpha value is -1.09. The SMILES string of the molecule is CC1CCN(CC(=O)c2ccco2)CC1C. The summed E-state index contributed by atoms with van der Waals surface area (Å²) in [5, 5.41) is 0. The zero-order chi connectivity index (χ0) is 11.5. The Bertz CT molecular complexity index is 345. The van der Waals surface area contributed by atoms with Crippen molar-refractivity contribution in [3.05, 3.63) is 24.2 Å². The third-order valence-electron chi connectivity index (χ3n) is 3.58. The van der Waals surface area contributed by atoms with E-state index in [-0.39, 0.29) is 5.78 Å². The fraction of sp³-hybridized carbons (Fsp3) is 0.615. The van der Waals surface area contributed by atoms with Gasteiger partial charge in [-0.25, -0.2) is 0 Å². The second-order valence-corrected chi connectivity index (χ2v) is 4.88. The Morgan fingerprint density at radius 1 is 1.50 bits per heavy atom. The van der Waals surface area contributed by atoms with Crippen LogP contribution >= 0.6 is 0 Å². The van der Waals surface area contributed by atoms with Crippen LogP contribution in [-0.2, 0) is 0 Å². The first-order valence-electron chi connectivity index (χ1n) is 5.96. The number of hydrogen-bond acceptors (Lipinski definition) is 3. The molecule has 0 aliphatic carbocycles. The van der Waals surface area contributed by atoms with E-state index < -0.39 is 0 Å². The lowest BCUT2D eigenvalue weighted by atomic mass is 9.88. The highest BCUT2D eigenvalue weighted by atomic mass is 16.3. The largest absolute Gasteiger partial charge is 0.461 e. The number of likely N-dealkylation sites (tertiary alicyclic amines) is 1. The lowest BCUT2D eigenvalue weighted by Crippen LogP contribution is -2.41. The van der Waals surface area contributed by atoms with Gasteiger partial charge in [0.25, 0.3) is 0 Å². The van der Waals surface area contributed by atoms with Crippen LogP contribution in [0.25, 0.3) is 0 Å². The van der Waals surface area contributed by atoms with Crippen molar-refractivity contribution in [2.45, 2.75) is 20.3 Å². The summed E-state index contributed by atoms with van der Waals surface area (Å²) in [4.78, 5) is 14.1. The van der Waals surface area contributed by atoms with Gasteiger partial charge in [-0.15, -0.1) is 0 Å². The minimum absolute atomic E-state index is 0.0896. The van der Waals surface area contributed by atoms with E-state index in [4.69, 9.17) is 4.42 Å². The second-order valence-electron chi connectivity index (χ2n) is 4.88. The van der Waals surface area contributed by atoms with Gasteiger partial charge in [-0.05, 0) is 36.9 Å². The molecule has 2 rings (SSSR count). The monoisotopic (exact) mass is 221 g/mol. The Morgan fingerprint density at radius 2 is 2.31 bits per heavy atom. The first-order valence-corrected chi connectivity index (χ1v) is 5.96. The van der Waals surface area contributed by atoms with Gasteiger partial charge in [0.2, 0.25) is 5.78 Å². The van der Waals surface area contributed by atoms with Crippen molar-refractivity contribution in [2.24, 2.45) is 11.8 Å². The summed E-state index contributed by atoms with van der Waals surface area (Å²) in [6, 6.07) is 3.49. The van der Waals surface area contributed by atoms with E-state index in [0.29, 0.717) is 18.2 Å². The van der Waals surface area contributed by atoms with E-state index in [1.165, 1.54) is 6.42 Å². The fourth-order valence-corrected chi connectivity index (χ4v) is 2.21. The zero-order valence-corrected chi connectivity index (χ0v) is 9.98. The van der Waals surface area contributed by atoms with Crippen molar-refractivity contribution in [3.63, 3.8) is 0 Å². The molecule has 3 heteroatoms. The zero-order valence-electron chi connectivity index (χ0n) is 9.98. The van der Waals surface area contributed by atoms with Crippen molar-refractivity contribution < 1.29 is 9.21 Å². The van der Waals surface area contributed by atoms with Gasteiger partial charge in [0.15, 0.2) is 5.76 Å². The lowest BCUT2D eigenvalue weighted by molar-refractivity contribution is 0.0823. The summed E-state index contributed by atoms with van der Waals surface area (Å²) >= 11 is 0. The Balaban J connectivity index is 1.89. The molecule has 2 unspecified atom stereocenters. The first kappa shape index (κ1) is 11.4. The second kappa shape index (κ2) is 4.83. The number of ketones is 1. The maximum Gasteiger partial charge on any atom is 0.211 e. The molecule has 0 N–H and O–H groups in total. The van der Waals surface area contributed by atoms with Gasteiger partial charge in [0.1, 0.15) is 0 Å². The van der Waals surface area contributed by atoms with Crippen LogP contribution in [-0.4, -0.2) is 30.3 Å². The Kier molecular flexibility index (Phi) is 3.44. The number of Topliss-reactive ketones (excluding diaryl/α,β-unsaturated/α-hetero) is 1. The molecule has 0 amide bonds. The third kappa shape index (κ3) is 2.53. The maximum atomic E-state index is 11.8. The van der Waals surface area contributed by atoms with E-state index in [1.54, 1.807) is 18.4 Å². The minimum Gasteiger partial charge on any atom is -0.461 e. The van der Waals surface area contributed by atoms with Crippen molar-refractivity contribution in [3.8, 4) is 0 Å². The number of furan rings is 1. The molecule has 0 aromatic carbocycles. The third-order valence-corrected chi connectivity index (χ3v) is 3.58. The molecule has 0 bridgehead atoms. The predicted molar refractivity (Wildman–Crippen MR) is 62.4 cm³/mol. The van der Waals surface area contributed by atoms with Crippen molar-refractivity contribution in [2.75, 3.05) is 19.6 Å². The molecule has 0 saturated carbocycles. The highest BCUT2D eigenvalue weighted by molar-refractivity contribution is 5.94. The van der Waals surface area contributed by atoms with E-state index in [2.05, 4.69) is 18.7 Å². The topological polar surface area (TPSA) is 33.5 Å². The van der Waals surface area contributed by atoms with E-state index in [1.807, 2.05) is 0 Å². The smallest absolute Gasteiger partial charge is 0.211 e. The summed E-state index contributed by atoms with van der Waals surface area (Å²) in [5.41, 5.74) is 0. The molecule has 0 radical (unpaired) electrons. The molecule has 1 aliphatic rings. The summed E-state index contributed by atoms with van der Waals surface area (Å²) in [6.07, 6.45) is 2.74. The van der Waals surface area contributed by atoms with Crippen molar-refractivity contribution >= 4 is 5.78 Å². The van der Waals surface area contributed by atoms with Crippen LogP contribution in [0.2, 0.25) is 0 Å². The van der Waals surface area contributed by atoms with Gasteiger partial charge in [0.05, 0.1) is 12.8 Å². The average molecular weight is 221 g/mol. The van der Waals surface area contributed by atoms with Gasteiger partial charge in [0, 0.05) is 6.54 Å². The Morgan fingerprint density at radius 3 is 2.94 bits per heavy atom. The summed E-state index contributed by atoms with van der Waals surface area (Å²) < 4.78 is 5.11. The highest BCUT2D eigenvalue weighted by Gasteiger charge is 2.24. The van der Waals surface area contributed by atoms with Crippen LogP contribution in [0, 0.1) is 11.8 Å². The van der Waals surface area contributed by atoms with Crippen LogP contribution in [0.3, 0.4) is 0 Å². The van der Waals surface area contributed by atoms with Crippen molar-refractivity contribution in [1.82, 2.24) is 4.90 Å². The summed E-state index contributed by atoms with van der Waals surface area (Å²) in [6.45, 7) is 7.08. The van der Waals surface area contributed by atoms with Crippen molar-refractivity contribution in [1.29, 1.82) is 0 Å². The molecule has 1 fully saturated rings. The molecule has 1 aromatic heterocycles. The number of piperidine rings is 1. The molecule has 1 aliphatic heterocycles. The molecule has 88 valence electrons. The fourth-order valence-electron chi connectivity index (χ4n) is 2.21. The predicted octanol–water partition coefficient (Wildman–Crippen LogP) is 2.44.